The van der Waals surface area contributed by atoms with E-state index in [2.05, 4.69) is 9.46 Å². The van der Waals surface area contributed by atoms with E-state index in [0.717, 1.165) is 11.3 Å². The second-order valence-corrected chi connectivity index (χ2v) is 9.22. The highest BCUT2D eigenvalue weighted by atomic mass is 32.2. The first-order valence-electron chi connectivity index (χ1n) is 9.29. The van der Waals surface area contributed by atoms with Gasteiger partial charge in [-0.25, -0.2) is 22.8 Å². The Labute approximate surface area is 193 Å². The van der Waals surface area contributed by atoms with E-state index in [9.17, 15) is 22.8 Å². The van der Waals surface area contributed by atoms with Crippen LogP contribution in [0.1, 0.15) is 30.4 Å². The minimum absolute atomic E-state index is 0.0289. The van der Waals surface area contributed by atoms with Gasteiger partial charge < -0.3 is 18.8 Å². The zero-order valence-electron chi connectivity index (χ0n) is 18.1. The number of hydrogen-bond donors (Lipinski definition) is 1. The molecule has 1 aromatic carbocycles. The lowest BCUT2D eigenvalue weighted by atomic mass is 10.0. The highest BCUT2D eigenvalue weighted by Crippen LogP contribution is 2.31. The first-order chi connectivity index (χ1) is 15.6. The fourth-order valence-electron chi connectivity index (χ4n) is 3.20. The standard InChI is InChI=1S/C21H20N2O8S2/c1-23-11-14(19(24)29-2)16(20(25)30-3)17(23)12-5-7-13(8-6-12)22-33(27,28)15-9-10-32-18(15)21(26)31-4/h5-11,22H,1-4H3. The molecule has 3 rings (SSSR count). The van der Waals surface area contributed by atoms with E-state index < -0.39 is 27.9 Å². The Balaban J connectivity index is 1.97. The highest BCUT2D eigenvalue weighted by Gasteiger charge is 2.28. The van der Waals surface area contributed by atoms with E-state index in [1.165, 1.54) is 51.1 Å². The predicted octanol–water partition coefficient (Wildman–Crippen LogP) is 2.91. The summed E-state index contributed by atoms with van der Waals surface area (Å²) in [7, 11) is 1.16. The Morgan fingerprint density at radius 1 is 0.909 bits per heavy atom. The maximum Gasteiger partial charge on any atom is 0.349 e. The molecule has 33 heavy (non-hydrogen) atoms. The number of benzene rings is 1. The minimum Gasteiger partial charge on any atom is -0.465 e. The van der Waals surface area contributed by atoms with E-state index >= 15 is 0 Å². The summed E-state index contributed by atoms with van der Waals surface area (Å²) < 4.78 is 43.8. The third-order valence-electron chi connectivity index (χ3n) is 4.68. The van der Waals surface area contributed by atoms with Gasteiger partial charge in [-0.3, -0.25) is 4.72 Å². The molecule has 0 aliphatic heterocycles. The molecule has 0 fully saturated rings. The number of ether oxygens (including phenoxy) is 3. The van der Waals surface area contributed by atoms with Crippen LogP contribution in [0.5, 0.6) is 0 Å². The van der Waals surface area contributed by atoms with Gasteiger partial charge in [0, 0.05) is 18.9 Å². The van der Waals surface area contributed by atoms with E-state index in [1.807, 2.05) is 0 Å². The van der Waals surface area contributed by atoms with Crippen LogP contribution in [0.3, 0.4) is 0 Å². The van der Waals surface area contributed by atoms with Gasteiger partial charge in [0.15, 0.2) is 0 Å². The number of aryl methyl sites for hydroxylation is 1. The Hall–Kier alpha value is -3.64. The van der Waals surface area contributed by atoms with Crippen molar-refractivity contribution in [3.05, 3.63) is 57.9 Å². The largest absolute Gasteiger partial charge is 0.465 e. The van der Waals surface area contributed by atoms with E-state index in [-0.39, 0.29) is 26.6 Å². The summed E-state index contributed by atoms with van der Waals surface area (Å²) in [4.78, 5) is 36.1. The van der Waals surface area contributed by atoms with Crippen molar-refractivity contribution in [3.8, 4) is 11.3 Å². The number of nitrogens with one attached hydrogen (secondary N) is 1. The summed E-state index contributed by atoms with van der Waals surface area (Å²) in [5.74, 6) is -2.16. The Morgan fingerprint density at radius 2 is 1.52 bits per heavy atom. The summed E-state index contributed by atoms with van der Waals surface area (Å²) in [6.45, 7) is 0. The molecule has 0 unspecified atom stereocenters. The minimum atomic E-state index is -4.06. The molecule has 0 atom stereocenters. The van der Waals surface area contributed by atoms with Crippen LogP contribution in [0.25, 0.3) is 11.3 Å². The van der Waals surface area contributed by atoms with Crippen molar-refractivity contribution in [3.63, 3.8) is 0 Å². The lowest BCUT2D eigenvalue weighted by Crippen LogP contribution is -2.15. The second-order valence-electron chi connectivity index (χ2n) is 6.65. The second kappa shape index (κ2) is 9.46. The van der Waals surface area contributed by atoms with Crippen molar-refractivity contribution in [1.82, 2.24) is 4.57 Å². The SMILES string of the molecule is COC(=O)c1cn(C)c(-c2ccc(NS(=O)(=O)c3ccsc3C(=O)OC)cc2)c1C(=O)OC. The van der Waals surface area contributed by atoms with Gasteiger partial charge in [-0.15, -0.1) is 11.3 Å². The van der Waals surface area contributed by atoms with Gasteiger partial charge in [0.05, 0.1) is 38.2 Å². The smallest absolute Gasteiger partial charge is 0.349 e. The zero-order chi connectivity index (χ0) is 24.3. The highest BCUT2D eigenvalue weighted by molar-refractivity contribution is 7.93. The molecule has 10 nitrogen and oxygen atoms in total. The summed E-state index contributed by atoms with van der Waals surface area (Å²) in [5.41, 5.74) is 1.22. The Morgan fingerprint density at radius 3 is 2.09 bits per heavy atom. The molecule has 0 amide bonds. The third kappa shape index (κ3) is 4.61. The number of carbonyl (C=O) groups is 3. The number of nitrogens with zero attached hydrogens (tertiary/aromatic N) is 1. The van der Waals surface area contributed by atoms with Crippen molar-refractivity contribution in [1.29, 1.82) is 0 Å². The monoisotopic (exact) mass is 492 g/mol. The van der Waals surface area contributed by atoms with Gasteiger partial charge in [0.1, 0.15) is 9.77 Å². The zero-order valence-corrected chi connectivity index (χ0v) is 19.7. The van der Waals surface area contributed by atoms with Crippen molar-refractivity contribution in [2.45, 2.75) is 4.90 Å². The van der Waals surface area contributed by atoms with Crippen LogP contribution in [-0.2, 0) is 31.3 Å². The van der Waals surface area contributed by atoms with Gasteiger partial charge >= 0.3 is 17.9 Å². The van der Waals surface area contributed by atoms with E-state index in [4.69, 9.17) is 9.47 Å². The maximum absolute atomic E-state index is 12.8. The number of esters is 3. The molecule has 0 aliphatic carbocycles. The topological polar surface area (TPSA) is 130 Å². The number of rotatable bonds is 7. The molecule has 174 valence electrons. The van der Waals surface area contributed by atoms with Crippen molar-refractivity contribution in [2.75, 3.05) is 26.1 Å². The van der Waals surface area contributed by atoms with Crippen molar-refractivity contribution >= 4 is 45.0 Å². The summed E-state index contributed by atoms with van der Waals surface area (Å²) in [6.07, 6.45) is 1.45. The molecule has 0 saturated heterocycles. The molecular weight excluding hydrogens is 472 g/mol. The van der Waals surface area contributed by atoms with Crippen LogP contribution in [0.2, 0.25) is 0 Å². The molecule has 2 aromatic heterocycles. The van der Waals surface area contributed by atoms with Crippen LogP contribution in [0.15, 0.2) is 46.8 Å². The number of hydrogen-bond acceptors (Lipinski definition) is 9. The van der Waals surface area contributed by atoms with Crippen LogP contribution in [0.4, 0.5) is 5.69 Å². The number of anilines is 1. The van der Waals surface area contributed by atoms with Gasteiger partial charge in [0.2, 0.25) is 0 Å². The number of thiophene rings is 1. The number of methoxy groups -OCH3 is 3. The molecule has 1 N–H and O–H groups in total. The molecule has 3 aromatic rings. The summed E-state index contributed by atoms with van der Waals surface area (Å²) in [6, 6.07) is 7.45. The average Bonchev–Trinajstić information content (AvgIpc) is 3.43. The normalized spacial score (nSPS) is 11.0. The predicted molar refractivity (Wildman–Crippen MR) is 120 cm³/mol. The third-order valence-corrected chi connectivity index (χ3v) is 7.12. The molecule has 2 heterocycles. The lowest BCUT2D eigenvalue weighted by Gasteiger charge is -2.11. The molecule has 12 heteroatoms. The van der Waals surface area contributed by atoms with Gasteiger partial charge in [-0.05, 0) is 29.1 Å². The average molecular weight is 493 g/mol. The number of sulfonamides is 1. The Bertz CT molecular complexity index is 1320. The van der Waals surface area contributed by atoms with Crippen LogP contribution in [0, 0.1) is 0 Å². The van der Waals surface area contributed by atoms with E-state index in [0.29, 0.717) is 11.3 Å². The van der Waals surface area contributed by atoms with Crippen molar-refractivity contribution in [2.24, 2.45) is 7.05 Å². The van der Waals surface area contributed by atoms with Gasteiger partial charge in [-0.2, -0.15) is 0 Å². The first-order valence-corrected chi connectivity index (χ1v) is 11.7. The van der Waals surface area contributed by atoms with Crippen LogP contribution >= 0.6 is 11.3 Å². The number of aromatic nitrogens is 1. The van der Waals surface area contributed by atoms with Gasteiger partial charge in [0.25, 0.3) is 10.0 Å². The summed E-state index contributed by atoms with van der Waals surface area (Å²) >= 11 is 0.956. The Kier molecular flexibility index (Phi) is 6.89. The van der Waals surface area contributed by atoms with Crippen LogP contribution < -0.4 is 4.72 Å². The van der Waals surface area contributed by atoms with E-state index in [1.54, 1.807) is 23.7 Å². The van der Waals surface area contributed by atoms with Crippen LogP contribution in [-0.4, -0.2) is 52.2 Å². The molecule has 0 radical (unpaired) electrons. The quantitative estimate of drug-likeness (QED) is 0.394. The first kappa shape index (κ1) is 24.0. The fourth-order valence-corrected chi connectivity index (χ4v) is 5.60. The fraction of sp³-hybridized carbons (Fsp3) is 0.190. The number of carbonyl (C=O) groups excluding carboxylic acids is 3. The molecule has 0 aliphatic rings. The molecule has 0 bridgehead atoms. The lowest BCUT2D eigenvalue weighted by molar-refractivity contribution is 0.0557. The molecule has 0 spiro atoms. The molecule has 0 saturated carbocycles. The van der Waals surface area contributed by atoms with Crippen molar-refractivity contribution < 1.29 is 37.0 Å². The summed E-state index contributed by atoms with van der Waals surface area (Å²) in [5, 5.41) is 1.48. The maximum atomic E-state index is 12.8. The molecular formula is C21H20N2O8S2. The van der Waals surface area contributed by atoms with Gasteiger partial charge in [-0.1, -0.05) is 12.1 Å².